The molecule has 0 aromatic heterocycles. The van der Waals surface area contributed by atoms with E-state index in [1.807, 2.05) is 0 Å². The molecule has 72 valence electrons. The zero-order valence-corrected chi connectivity index (χ0v) is 8.86. The second-order valence-corrected chi connectivity index (χ2v) is 4.58. The highest BCUT2D eigenvalue weighted by atomic mass is 32.2. The summed E-state index contributed by atoms with van der Waals surface area (Å²) in [5.74, 6) is 0.895. The lowest BCUT2D eigenvalue weighted by atomic mass is 10.1. The smallest absolute Gasteiger partial charge is 0.316 e. The van der Waals surface area contributed by atoms with Crippen molar-refractivity contribution in [2.75, 3.05) is 5.75 Å². The molecule has 0 amide bonds. The molecule has 0 radical (unpaired) electrons. The number of aliphatic carboxylic acids is 1. The molecular formula is C9H18O2S. The van der Waals surface area contributed by atoms with Crippen LogP contribution in [0.25, 0.3) is 0 Å². The van der Waals surface area contributed by atoms with E-state index in [0.29, 0.717) is 5.92 Å². The summed E-state index contributed by atoms with van der Waals surface area (Å²) in [6.07, 6.45) is 2.38. The standard InChI is InChI=1S/C9H18O2S/c1-4-5-7(2)6-12-8(3)9(10)11/h7-8H,4-6H2,1-3H3,(H,10,11). The maximum atomic E-state index is 10.4. The normalized spacial score (nSPS) is 15.6. The van der Waals surface area contributed by atoms with Gasteiger partial charge in [0, 0.05) is 0 Å². The van der Waals surface area contributed by atoms with Crippen molar-refractivity contribution in [2.24, 2.45) is 5.92 Å². The molecule has 0 fully saturated rings. The summed E-state index contributed by atoms with van der Waals surface area (Å²) in [6, 6.07) is 0. The Morgan fingerprint density at radius 2 is 2.08 bits per heavy atom. The van der Waals surface area contributed by atoms with Crippen molar-refractivity contribution >= 4 is 17.7 Å². The van der Waals surface area contributed by atoms with E-state index in [4.69, 9.17) is 5.11 Å². The lowest BCUT2D eigenvalue weighted by Gasteiger charge is -2.11. The number of hydrogen-bond acceptors (Lipinski definition) is 2. The van der Waals surface area contributed by atoms with Gasteiger partial charge in [-0.1, -0.05) is 26.7 Å². The molecule has 0 heterocycles. The first-order chi connectivity index (χ1) is 5.57. The van der Waals surface area contributed by atoms with Gasteiger partial charge in [0.25, 0.3) is 0 Å². The Balaban J connectivity index is 3.46. The lowest BCUT2D eigenvalue weighted by molar-refractivity contribution is -0.136. The highest BCUT2D eigenvalue weighted by Crippen LogP contribution is 2.17. The predicted molar refractivity (Wildman–Crippen MR) is 53.6 cm³/mol. The molecule has 0 bridgehead atoms. The minimum atomic E-state index is -0.705. The van der Waals surface area contributed by atoms with Gasteiger partial charge in [0.2, 0.25) is 0 Å². The Kier molecular flexibility index (Phi) is 6.25. The summed E-state index contributed by atoms with van der Waals surface area (Å²) >= 11 is 1.53. The van der Waals surface area contributed by atoms with Crippen LogP contribution in [-0.4, -0.2) is 22.1 Å². The molecule has 3 heteroatoms. The fourth-order valence-corrected chi connectivity index (χ4v) is 1.88. The number of rotatable bonds is 6. The molecule has 0 aromatic carbocycles. The highest BCUT2D eigenvalue weighted by molar-refractivity contribution is 8.00. The monoisotopic (exact) mass is 190 g/mol. The molecule has 2 atom stereocenters. The summed E-state index contributed by atoms with van der Waals surface area (Å²) in [4.78, 5) is 10.4. The van der Waals surface area contributed by atoms with Gasteiger partial charge in [0.05, 0.1) is 5.25 Å². The van der Waals surface area contributed by atoms with Gasteiger partial charge in [0.15, 0.2) is 0 Å². The lowest BCUT2D eigenvalue weighted by Crippen LogP contribution is -2.13. The fourth-order valence-electron chi connectivity index (χ4n) is 0.956. The van der Waals surface area contributed by atoms with E-state index in [1.54, 1.807) is 6.92 Å². The second-order valence-electron chi connectivity index (χ2n) is 3.21. The van der Waals surface area contributed by atoms with Gasteiger partial charge in [-0.2, -0.15) is 0 Å². The maximum Gasteiger partial charge on any atom is 0.316 e. The quantitative estimate of drug-likeness (QED) is 0.699. The van der Waals surface area contributed by atoms with E-state index < -0.39 is 5.97 Å². The molecular weight excluding hydrogens is 172 g/mol. The molecule has 0 saturated carbocycles. The average Bonchev–Trinajstić information content (AvgIpc) is 2.00. The molecule has 0 rings (SSSR count). The number of thioether (sulfide) groups is 1. The van der Waals surface area contributed by atoms with Gasteiger partial charge in [-0.05, 0) is 18.6 Å². The molecule has 1 N–H and O–H groups in total. The molecule has 2 nitrogen and oxygen atoms in total. The first-order valence-corrected chi connectivity index (χ1v) is 5.47. The SMILES string of the molecule is CCCC(C)CSC(C)C(=O)O. The van der Waals surface area contributed by atoms with Crippen LogP contribution in [0.15, 0.2) is 0 Å². The van der Waals surface area contributed by atoms with E-state index in [1.165, 1.54) is 24.6 Å². The Morgan fingerprint density at radius 1 is 1.50 bits per heavy atom. The zero-order chi connectivity index (χ0) is 9.56. The summed E-state index contributed by atoms with van der Waals surface area (Å²) in [6.45, 7) is 6.07. The van der Waals surface area contributed by atoms with Crippen molar-refractivity contribution in [1.29, 1.82) is 0 Å². The minimum Gasteiger partial charge on any atom is -0.480 e. The van der Waals surface area contributed by atoms with Crippen LogP contribution >= 0.6 is 11.8 Å². The Labute approximate surface area is 78.7 Å². The van der Waals surface area contributed by atoms with E-state index in [9.17, 15) is 4.79 Å². The Hall–Kier alpha value is -0.180. The third-order valence-corrected chi connectivity index (χ3v) is 3.22. The van der Waals surface area contributed by atoms with Crippen LogP contribution in [-0.2, 0) is 4.79 Å². The minimum absolute atomic E-state index is 0.260. The topological polar surface area (TPSA) is 37.3 Å². The Morgan fingerprint density at radius 3 is 2.50 bits per heavy atom. The predicted octanol–water partition coefficient (Wildman–Crippen LogP) is 2.63. The number of hydrogen-bond donors (Lipinski definition) is 1. The number of carboxylic acid groups (broad SMARTS) is 1. The van der Waals surface area contributed by atoms with Crippen LogP contribution in [0.2, 0.25) is 0 Å². The van der Waals surface area contributed by atoms with E-state index in [2.05, 4.69) is 13.8 Å². The first-order valence-electron chi connectivity index (χ1n) is 4.42. The molecule has 0 saturated heterocycles. The van der Waals surface area contributed by atoms with Crippen molar-refractivity contribution in [2.45, 2.75) is 38.9 Å². The van der Waals surface area contributed by atoms with E-state index in [0.717, 1.165) is 5.75 Å². The first kappa shape index (κ1) is 11.8. The molecule has 0 aliphatic heterocycles. The molecule has 0 spiro atoms. The molecule has 12 heavy (non-hydrogen) atoms. The zero-order valence-electron chi connectivity index (χ0n) is 8.04. The summed E-state index contributed by atoms with van der Waals surface area (Å²) < 4.78 is 0. The van der Waals surface area contributed by atoms with Crippen molar-refractivity contribution in [3.8, 4) is 0 Å². The second kappa shape index (κ2) is 6.35. The van der Waals surface area contributed by atoms with E-state index in [-0.39, 0.29) is 5.25 Å². The summed E-state index contributed by atoms with van der Waals surface area (Å²) in [7, 11) is 0. The van der Waals surface area contributed by atoms with Crippen LogP contribution in [0.3, 0.4) is 0 Å². The van der Waals surface area contributed by atoms with Gasteiger partial charge < -0.3 is 5.11 Å². The van der Waals surface area contributed by atoms with Crippen LogP contribution in [0.4, 0.5) is 0 Å². The van der Waals surface area contributed by atoms with Crippen LogP contribution in [0.5, 0.6) is 0 Å². The third kappa shape index (κ3) is 5.47. The van der Waals surface area contributed by atoms with Crippen molar-refractivity contribution in [3.05, 3.63) is 0 Å². The number of carboxylic acids is 1. The summed E-state index contributed by atoms with van der Waals surface area (Å²) in [5.41, 5.74) is 0. The van der Waals surface area contributed by atoms with Gasteiger partial charge in [0.1, 0.15) is 0 Å². The molecule has 0 aromatic rings. The highest BCUT2D eigenvalue weighted by Gasteiger charge is 2.12. The largest absolute Gasteiger partial charge is 0.480 e. The van der Waals surface area contributed by atoms with Crippen LogP contribution in [0.1, 0.15) is 33.6 Å². The number of carbonyl (C=O) groups is 1. The van der Waals surface area contributed by atoms with Gasteiger partial charge in [-0.15, -0.1) is 11.8 Å². The van der Waals surface area contributed by atoms with Gasteiger partial charge in [-0.3, -0.25) is 4.79 Å². The molecule has 0 aliphatic rings. The van der Waals surface area contributed by atoms with Crippen LogP contribution in [0, 0.1) is 5.92 Å². The van der Waals surface area contributed by atoms with E-state index >= 15 is 0 Å². The maximum absolute atomic E-state index is 10.4. The molecule has 0 aliphatic carbocycles. The van der Waals surface area contributed by atoms with Crippen molar-refractivity contribution in [3.63, 3.8) is 0 Å². The fraction of sp³-hybridized carbons (Fsp3) is 0.889. The van der Waals surface area contributed by atoms with Gasteiger partial charge >= 0.3 is 5.97 Å². The summed E-state index contributed by atoms with van der Waals surface area (Å²) in [5, 5.41) is 8.34. The van der Waals surface area contributed by atoms with Gasteiger partial charge in [-0.25, -0.2) is 0 Å². The molecule has 2 unspecified atom stereocenters. The van der Waals surface area contributed by atoms with Crippen molar-refractivity contribution in [1.82, 2.24) is 0 Å². The third-order valence-electron chi connectivity index (χ3n) is 1.76. The van der Waals surface area contributed by atoms with Crippen molar-refractivity contribution < 1.29 is 9.90 Å². The van der Waals surface area contributed by atoms with Crippen LogP contribution < -0.4 is 0 Å². The Bertz CT molecular complexity index is 136. The average molecular weight is 190 g/mol.